The van der Waals surface area contributed by atoms with Crippen molar-refractivity contribution in [3.8, 4) is 0 Å². The standard InChI is InChI=1S/C17H30N2O2/c1-3-5-7-10-18-13-14(12-16(18)20)17(21)19-11-8-6-9-15(19)4-2/h14-15H,3-13H2,1-2H3. The zero-order valence-corrected chi connectivity index (χ0v) is 13.6. The Kier molecular flexibility index (Phi) is 6.07. The third-order valence-corrected chi connectivity index (χ3v) is 4.98. The highest BCUT2D eigenvalue weighted by atomic mass is 16.2. The Morgan fingerprint density at radius 3 is 2.76 bits per heavy atom. The van der Waals surface area contributed by atoms with Gasteiger partial charge in [0.1, 0.15) is 0 Å². The molecule has 120 valence electrons. The predicted molar refractivity (Wildman–Crippen MR) is 83.9 cm³/mol. The van der Waals surface area contributed by atoms with E-state index in [0.717, 1.165) is 51.6 Å². The molecule has 2 aliphatic heterocycles. The maximum atomic E-state index is 12.7. The summed E-state index contributed by atoms with van der Waals surface area (Å²) in [5.74, 6) is 0.314. The molecule has 2 atom stereocenters. The van der Waals surface area contributed by atoms with E-state index in [2.05, 4.69) is 18.7 Å². The number of likely N-dealkylation sites (tertiary alicyclic amines) is 2. The topological polar surface area (TPSA) is 40.6 Å². The average Bonchev–Trinajstić information content (AvgIpc) is 2.88. The Morgan fingerprint density at radius 2 is 2.05 bits per heavy atom. The molecule has 0 aromatic heterocycles. The number of rotatable bonds is 6. The van der Waals surface area contributed by atoms with E-state index in [-0.39, 0.29) is 17.7 Å². The summed E-state index contributed by atoms with van der Waals surface area (Å²) in [6, 6.07) is 0.399. The minimum Gasteiger partial charge on any atom is -0.342 e. The summed E-state index contributed by atoms with van der Waals surface area (Å²) in [5, 5.41) is 0. The molecule has 0 N–H and O–H groups in total. The van der Waals surface area contributed by atoms with Gasteiger partial charge < -0.3 is 9.80 Å². The number of hydrogen-bond donors (Lipinski definition) is 0. The lowest BCUT2D eigenvalue weighted by Gasteiger charge is -2.36. The second-order valence-electron chi connectivity index (χ2n) is 6.54. The molecule has 0 bridgehead atoms. The van der Waals surface area contributed by atoms with Crippen LogP contribution in [0.15, 0.2) is 0 Å². The van der Waals surface area contributed by atoms with Crippen molar-refractivity contribution in [2.75, 3.05) is 19.6 Å². The molecule has 2 aliphatic rings. The van der Waals surface area contributed by atoms with E-state index in [1.807, 2.05) is 4.90 Å². The third-order valence-electron chi connectivity index (χ3n) is 4.98. The summed E-state index contributed by atoms with van der Waals surface area (Å²) in [6.07, 6.45) is 8.32. The van der Waals surface area contributed by atoms with E-state index in [9.17, 15) is 9.59 Å². The number of carbonyl (C=O) groups excluding carboxylic acids is 2. The van der Waals surface area contributed by atoms with E-state index in [1.54, 1.807) is 0 Å². The summed E-state index contributed by atoms with van der Waals surface area (Å²) in [5.41, 5.74) is 0. The summed E-state index contributed by atoms with van der Waals surface area (Å²) >= 11 is 0. The molecule has 0 radical (unpaired) electrons. The van der Waals surface area contributed by atoms with Crippen LogP contribution in [0.5, 0.6) is 0 Å². The summed E-state index contributed by atoms with van der Waals surface area (Å²) in [7, 11) is 0. The molecule has 0 aromatic rings. The van der Waals surface area contributed by atoms with Crippen LogP contribution in [0.4, 0.5) is 0 Å². The van der Waals surface area contributed by atoms with E-state index in [0.29, 0.717) is 19.0 Å². The average molecular weight is 294 g/mol. The first-order chi connectivity index (χ1) is 10.2. The number of carbonyl (C=O) groups is 2. The zero-order valence-electron chi connectivity index (χ0n) is 13.6. The lowest BCUT2D eigenvalue weighted by Crippen LogP contribution is -2.46. The van der Waals surface area contributed by atoms with Crippen molar-refractivity contribution >= 4 is 11.8 Å². The maximum absolute atomic E-state index is 12.7. The highest BCUT2D eigenvalue weighted by Gasteiger charge is 2.38. The molecule has 0 aromatic carbocycles. The molecule has 4 heteroatoms. The van der Waals surface area contributed by atoms with E-state index >= 15 is 0 Å². The molecule has 0 aliphatic carbocycles. The first kappa shape index (κ1) is 16.3. The molecule has 2 heterocycles. The van der Waals surface area contributed by atoms with Crippen LogP contribution in [0.2, 0.25) is 0 Å². The van der Waals surface area contributed by atoms with Crippen LogP contribution in [0.1, 0.15) is 65.2 Å². The van der Waals surface area contributed by atoms with Crippen LogP contribution in [0, 0.1) is 5.92 Å². The van der Waals surface area contributed by atoms with Crippen LogP contribution in [0.3, 0.4) is 0 Å². The fourth-order valence-corrected chi connectivity index (χ4v) is 3.66. The maximum Gasteiger partial charge on any atom is 0.228 e. The monoisotopic (exact) mass is 294 g/mol. The van der Waals surface area contributed by atoms with Crippen molar-refractivity contribution in [1.82, 2.24) is 9.80 Å². The van der Waals surface area contributed by atoms with Crippen LogP contribution in [-0.4, -0.2) is 47.3 Å². The fourth-order valence-electron chi connectivity index (χ4n) is 3.66. The molecule has 2 unspecified atom stereocenters. The van der Waals surface area contributed by atoms with Crippen LogP contribution in [-0.2, 0) is 9.59 Å². The smallest absolute Gasteiger partial charge is 0.228 e. The van der Waals surface area contributed by atoms with Gasteiger partial charge in [-0.2, -0.15) is 0 Å². The van der Waals surface area contributed by atoms with Gasteiger partial charge >= 0.3 is 0 Å². The van der Waals surface area contributed by atoms with Crippen molar-refractivity contribution in [3.05, 3.63) is 0 Å². The van der Waals surface area contributed by atoms with Crippen LogP contribution >= 0.6 is 0 Å². The highest BCUT2D eigenvalue weighted by molar-refractivity contribution is 5.89. The molecule has 21 heavy (non-hydrogen) atoms. The Hall–Kier alpha value is -1.06. The number of nitrogens with zero attached hydrogens (tertiary/aromatic N) is 2. The molecular formula is C17H30N2O2. The Labute approximate surface area is 128 Å². The molecule has 2 rings (SSSR count). The minimum absolute atomic E-state index is 0.0914. The van der Waals surface area contributed by atoms with Gasteiger partial charge in [-0.15, -0.1) is 0 Å². The van der Waals surface area contributed by atoms with Crippen LogP contribution in [0.25, 0.3) is 0 Å². The van der Waals surface area contributed by atoms with Crippen molar-refractivity contribution in [2.24, 2.45) is 5.92 Å². The minimum atomic E-state index is -0.0914. The summed E-state index contributed by atoms with van der Waals surface area (Å²) in [4.78, 5) is 28.8. The number of amides is 2. The predicted octanol–water partition coefficient (Wildman–Crippen LogP) is 2.82. The zero-order chi connectivity index (χ0) is 15.2. The van der Waals surface area contributed by atoms with E-state index in [4.69, 9.17) is 0 Å². The van der Waals surface area contributed by atoms with E-state index < -0.39 is 0 Å². The molecule has 0 saturated carbocycles. The molecule has 2 saturated heterocycles. The Morgan fingerprint density at radius 1 is 1.24 bits per heavy atom. The molecular weight excluding hydrogens is 264 g/mol. The van der Waals surface area contributed by atoms with Crippen molar-refractivity contribution < 1.29 is 9.59 Å². The lowest BCUT2D eigenvalue weighted by atomic mass is 9.97. The third kappa shape index (κ3) is 3.98. The lowest BCUT2D eigenvalue weighted by molar-refractivity contribution is -0.139. The summed E-state index contributed by atoms with van der Waals surface area (Å²) < 4.78 is 0. The fraction of sp³-hybridized carbons (Fsp3) is 0.882. The van der Waals surface area contributed by atoms with Gasteiger partial charge in [0.05, 0.1) is 5.92 Å². The Balaban J connectivity index is 1.89. The number of piperidine rings is 1. The van der Waals surface area contributed by atoms with Gasteiger partial charge in [0.15, 0.2) is 0 Å². The first-order valence-corrected chi connectivity index (χ1v) is 8.75. The second-order valence-corrected chi connectivity index (χ2v) is 6.54. The quantitative estimate of drug-likeness (QED) is 0.707. The summed E-state index contributed by atoms with van der Waals surface area (Å²) in [6.45, 7) is 6.69. The molecule has 0 spiro atoms. The van der Waals surface area contributed by atoms with Gasteiger partial charge in [-0.25, -0.2) is 0 Å². The van der Waals surface area contributed by atoms with Crippen LogP contribution < -0.4 is 0 Å². The normalized spacial score (nSPS) is 26.5. The largest absolute Gasteiger partial charge is 0.342 e. The van der Waals surface area contributed by atoms with Gasteiger partial charge in [0.25, 0.3) is 0 Å². The highest BCUT2D eigenvalue weighted by Crippen LogP contribution is 2.26. The van der Waals surface area contributed by atoms with E-state index in [1.165, 1.54) is 6.42 Å². The molecule has 2 fully saturated rings. The second kappa shape index (κ2) is 7.81. The van der Waals surface area contributed by atoms with Gasteiger partial charge in [0, 0.05) is 32.1 Å². The van der Waals surface area contributed by atoms with Gasteiger partial charge in [-0.05, 0) is 32.1 Å². The Bertz CT molecular complexity index is 370. The molecule has 2 amide bonds. The van der Waals surface area contributed by atoms with Crippen molar-refractivity contribution in [3.63, 3.8) is 0 Å². The number of hydrogen-bond acceptors (Lipinski definition) is 2. The van der Waals surface area contributed by atoms with Crippen molar-refractivity contribution in [2.45, 2.75) is 71.3 Å². The first-order valence-electron chi connectivity index (χ1n) is 8.75. The number of unbranched alkanes of at least 4 members (excludes halogenated alkanes) is 2. The van der Waals surface area contributed by atoms with Gasteiger partial charge in [0.2, 0.25) is 11.8 Å². The van der Waals surface area contributed by atoms with Gasteiger partial charge in [-0.1, -0.05) is 26.7 Å². The molecule has 4 nitrogen and oxygen atoms in total. The SMILES string of the molecule is CCCCCN1CC(C(=O)N2CCCCC2CC)CC1=O. The van der Waals surface area contributed by atoms with Gasteiger partial charge in [-0.3, -0.25) is 9.59 Å². The van der Waals surface area contributed by atoms with Crippen molar-refractivity contribution in [1.29, 1.82) is 0 Å².